The van der Waals surface area contributed by atoms with Crippen LogP contribution < -0.4 is 5.32 Å². The Bertz CT molecular complexity index is 108. The maximum atomic E-state index is 10.3. The molecule has 0 saturated carbocycles. The van der Waals surface area contributed by atoms with Crippen LogP contribution in [0.15, 0.2) is 12.2 Å². The summed E-state index contributed by atoms with van der Waals surface area (Å²) in [6.07, 6.45) is 4.40. The lowest BCUT2D eigenvalue weighted by Crippen LogP contribution is -2.05. The minimum absolute atomic E-state index is 0.117. The zero-order chi connectivity index (χ0) is 9.11. The highest BCUT2D eigenvalue weighted by molar-refractivity contribution is 5.87. The van der Waals surface area contributed by atoms with Crippen molar-refractivity contribution in [1.82, 2.24) is 5.32 Å². The Hall–Kier alpha value is -0.630. The summed E-state index contributed by atoms with van der Waals surface area (Å²) < 4.78 is 0. The first-order valence-corrected chi connectivity index (χ1v) is 4.09. The van der Waals surface area contributed by atoms with Crippen LogP contribution in [0.25, 0.3) is 0 Å². The van der Waals surface area contributed by atoms with Gasteiger partial charge in [0, 0.05) is 0 Å². The second-order valence-electron chi connectivity index (χ2n) is 1.91. The van der Waals surface area contributed by atoms with Gasteiger partial charge in [0.15, 0.2) is 5.78 Å². The van der Waals surface area contributed by atoms with Gasteiger partial charge >= 0.3 is 0 Å². The molecule has 11 heavy (non-hydrogen) atoms. The van der Waals surface area contributed by atoms with Crippen LogP contribution in [0, 0.1) is 0 Å². The Morgan fingerprint density at radius 2 is 2.00 bits per heavy atom. The summed E-state index contributed by atoms with van der Waals surface area (Å²) in [5.41, 5.74) is 0. The molecule has 2 nitrogen and oxygen atoms in total. The number of carbonyl (C=O) groups is 1. The van der Waals surface area contributed by atoms with Crippen molar-refractivity contribution in [3.8, 4) is 0 Å². The van der Waals surface area contributed by atoms with Crippen LogP contribution in [0.4, 0.5) is 0 Å². The van der Waals surface area contributed by atoms with Gasteiger partial charge in [-0.3, -0.25) is 4.79 Å². The SMILES string of the molecule is CC.CNCC/C=C/C(C)=O. The third-order valence-corrected chi connectivity index (χ3v) is 0.914. The average Bonchev–Trinajstić information content (AvgIpc) is 2.02. The fraction of sp³-hybridized carbons (Fsp3) is 0.667. The van der Waals surface area contributed by atoms with Crippen molar-refractivity contribution in [2.75, 3.05) is 13.6 Å². The molecule has 0 radical (unpaired) electrons. The summed E-state index contributed by atoms with van der Waals surface area (Å²) in [6.45, 7) is 6.49. The van der Waals surface area contributed by atoms with Crippen LogP contribution in [-0.4, -0.2) is 19.4 Å². The topological polar surface area (TPSA) is 29.1 Å². The van der Waals surface area contributed by atoms with Crippen molar-refractivity contribution < 1.29 is 4.79 Å². The summed E-state index contributed by atoms with van der Waals surface area (Å²) in [5.74, 6) is 0.117. The standard InChI is InChI=1S/C7H13NO.C2H6/c1-7(9)5-3-4-6-8-2;1-2/h3,5,8H,4,6H2,1-2H3;1-2H3/b5-3+;. The van der Waals surface area contributed by atoms with Gasteiger partial charge in [0.05, 0.1) is 0 Å². The molecule has 0 saturated heterocycles. The van der Waals surface area contributed by atoms with Gasteiger partial charge in [-0.05, 0) is 33.0 Å². The van der Waals surface area contributed by atoms with E-state index in [0.29, 0.717) is 0 Å². The largest absolute Gasteiger partial charge is 0.319 e. The second-order valence-corrected chi connectivity index (χ2v) is 1.91. The molecule has 0 heterocycles. The number of ketones is 1. The molecule has 0 atom stereocenters. The number of nitrogens with one attached hydrogen (secondary N) is 1. The molecule has 1 N–H and O–H groups in total. The summed E-state index contributed by atoms with van der Waals surface area (Å²) >= 11 is 0. The van der Waals surface area contributed by atoms with E-state index in [4.69, 9.17) is 0 Å². The van der Waals surface area contributed by atoms with E-state index in [1.54, 1.807) is 13.0 Å². The Balaban J connectivity index is 0. The molecule has 0 unspecified atom stereocenters. The van der Waals surface area contributed by atoms with Crippen molar-refractivity contribution in [2.45, 2.75) is 27.2 Å². The zero-order valence-electron chi connectivity index (χ0n) is 7.98. The van der Waals surface area contributed by atoms with E-state index in [1.165, 1.54) is 0 Å². The van der Waals surface area contributed by atoms with E-state index in [0.717, 1.165) is 13.0 Å². The summed E-state index contributed by atoms with van der Waals surface area (Å²) in [7, 11) is 1.89. The molecule has 2 heteroatoms. The number of allylic oxidation sites excluding steroid dienone is 1. The van der Waals surface area contributed by atoms with Gasteiger partial charge in [0.2, 0.25) is 0 Å². The zero-order valence-corrected chi connectivity index (χ0v) is 7.98. The van der Waals surface area contributed by atoms with Crippen molar-refractivity contribution in [3.63, 3.8) is 0 Å². The van der Waals surface area contributed by atoms with Gasteiger partial charge in [-0.2, -0.15) is 0 Å². The molecule has 0 aliphatic carbocycles. The van der Waals surface area contributed by atoms with Crippen LogP contribution in [-0.2, 0) is 4.79 Å². The smallest absolute Gasteiger partial charge is 0.152 e. The van der Waals surface area contributed by atoms with Gasteiger partial charge in [-0.15, -0.1) is 0 Å². The summed E-state index contributed by atoms with van der Waals surface area (Å²) in [6, 6.07) is 0. The molecular weight excluding hydrogens is 138 g/mol. The molecule has 0 amide bonds. The van der Waals surface area contributed by atoms with Crippen molar-refractivity contribution >= 4 is 5.78 Å². The van der Waals surface area contributed by atoms with E-state index < -0.39 is 0 Å². The minimum Gasteiger partial charge on any atom is -0.319 e. The number of rotatable bonds is 4. The molecule has 0 aromatic heterocycles. The number of hydrogen-bond donors (Lipinski definition) is 1. The lowest BCUT2D eigenvalue weighted by molar-refractivity contribution is -0.112. The van der Waals surface area contributed by atoms with Gasteiger partial charge in [-0.25, -0.2) is 0 Å². The van der Waals surface area contributed by atoms with Gasteiger partial charge in [0.25, 0.3) is 0 Å². The quantitative estimate of drug-likeness (QED) is 0.497. The third-order valence-electron chi connectivity index (χ3n) is 0.914. The average molecular weight is 157 g/mol. The normalized spacial score (nSPS) is 9.09. The molecule has 0 aromatic rings. The molecule has 0 bridgehead atoms. The first kappa shape index (κ1) is 13.0. The predicted molar refractivity (Wildman–Crippen MR) is 49.7 cm³/mol. The van der Waals surface area contributed by atoms with Crippen LogP contribution >= 0.6 is 0 Å². The van der Waals surface area contributed by atoms with E-state index >= 15 is 0 Å². The number of carbonyl (C=O) groups excluding carboxylic acids is 1. The van der Waals surface area contributed by atoms with Crippen molar-refractivity contribution in [2.24, 2.45) is 0 Å². The Morgan fingerprint density at radius 1 is 1.45 bits per heavy atom. The van der Waals surface area contributed by atoms with E-state index in [9.17, 15) is 4.79 Å². The molecule has 0 aromatic carbocycles. The summed E-state index contributed by atoms with van der Waals surface area (Å²) in [4.78, 5) is 10.3. The highest BCUT2D eigenvalue weighted by Gasteiger charge is 1.79. The maximum absolute atomic E-state index is 10.3. The Kier molecular flexibility index (Phi) is 14.3. The monoisotopic (exact) mass is 157 g/mol. The Morgan fingerprint density at radius 3 is 2.36 bits per heavy atom. The van der Waals surface area contributed by atoms with E-state index in [-0.39, 0.29) is 5.78 Å². The fourth-order valence-corrected chi connectivity index (χ4v) is 0.477. The molecule has 0 aliphatic rings. The minimum atomic E-state index is 0.117. The first-order chi connectivity index (χ1) is 5.27. The molecular formula is C9H19NO. The highest BCUT2D eigenvalue weighted by atomic mass is 16.1. The predicted octanol–water partition coefficient (Wildman–Crippen LogP) is 1.77. The van der Waals surface area contributed by atoms with Gasteiger partial charge < -0.3 is 5.32 Å². The van der Waals surface area contributed by atoms with Gasteiger partial charge in [-0.1, -0.05) is 19.9 Å². The molecule has 66 valence electrons. The third kappa shape index (κ3) is 17.6. The van der Waals surface area contributed by atoms with Crippen LogP contribution in [0.1, 0.15) is 27.2 Å². The molecule has 0 aliphatic heterocycles. The molecule has 0 rings (SSSR count). The summed E-state index contributed by atoms with van der Waals surface area (Å²) in [5, 5.41) is 2.98. The maximum Gasteiger partial charge on any atom is 0.152 e. The van der Waals surface area contributed by atoms with E-state index in [1.807, 2.05) is 27.0 Å². The van der Waals surface area contributed by atoms with Crippen LogP contribution in [0.2, 0.25) is 0 Å². The molecule has 0 spiro atoms. The fourth-order valence-electron chi connectivity index (χ4n) is 0.477. The van der Waals surface area contributed by atoms with Gasteiger partial charge in [0.1, 0.15) is 0 Å². The lowest BCUT2D eigenvalue weighted by atomic mass is 10.3. The van der Waals surface area contributed by atoms with Crippen LogP contribution in [0.5, 0.6) is 0 Å². The van der Waals surface area contributed by atoms with Crippen molar-refractivity contribution in [3.05, 3.63) is 12.2 Å². The first-order valence-electron chi connectivity index (χ1n) is 4.09. The van der Waals surface area contributed by atoms with Crippen molar-refractivity contribution in [1.29, 1.82) is 0 Å². The van der Waals surface area contributed by atoms with E-state index in [2.05, 4.69) is 5.32 Å². The highest BCUT2D eigenvalue weighted by Crippen LogP contribution is 1.80. The second kappa shape index (κ2) is 12.1. The Labute approximate surface area is 69.7 Å². The molecule has 0 fully saturated rings. The van der Waals surface area contributed by atoms with Crippen LogP contribution in [0.3, 0.4) is 0 Å². The lowest BCUT2D eigenvalue weighted by Gasteiger charge is -1.88. The number of hydrogen-bond acceptors (Lipinski definition) is 2.